The Balaban J connectivity index is 1.43. The van der Waals surface area contributed by atoms with Crippen molar-refractivity contribution >= 4 is 34.9 Å². The maximum absolute atomic E-state index is 14.9. The van der Waals surface area contributed by atoms with Crippen LogP contribution in [0.1, 0.15) is 29.9 Å². The molecule has 1 fully saturated rings. The van der Waals surface area contributed by atoms with Crippen LogP contribution in [0.3, 0.4) is 0 Å². The lowest BCUT2D eigenvalue weighted by molar-refractivity contribution is -0.124. The molecule has 9 heteroatoms. The Morgan fingerprint density at radius 3 is 2.10 bits per heavy atom. The van der Waals surface area contributed by atoms with Crippen LogP contribution in [0.5, 0.6) is 0 Å². The van der Waals surface area contributed by atoms with Crippen molar-refractivity contribution in [3.05, 3.63) is 101 Å². The Kier molecular flexibility index (Phi) is 5.25. The Hall–Kier alpha value is -4.43. The number of rotatable bonds is 3. The minimum Gasteiger partial charge on any atom is -0.291 e. The average molecular weight is 550 g/mol. The van der Waals surface area contributed by atoms with Gasteiger partial charge in [0.1, 0.15) is 5.92 Å². The van der Waals surface area contributed by atoms with Gasteiger partial charge in [-0.05, 0) is 36.4 Å². The van der Waals surface area contributed by atoms with Crippen molar-refractivity contribution in [1.82, 2.24) is 9.78 Å². The zero-order valence-electron chi connectivity index (χ0n) is 21.8. The third kappa shape index (κ3) is 3.20. The van der Waals surface area contributed by atoms with Gasteiger partial charge in [-0.3, -0.25) is 14.4 Å². The number of para-hydroxylation sites is 2. The molecule has 1 aromatic heterocycles. The van der Waals surface area contributed by atoms with Crippen LogP contribution in [0, 0.1) is 11.3 Å². The molecule has 3 heterocycles. The summed E-state index contributed by atoms with van der Waals surface area (Å²) in [7, 11) is 0. The van der Waals surface area contributed by atoms with Crippen LogP contribution in [-0.4, -0.2) is 39.0 Å². The van der Waals surface area contributed by atoms with Gasteiger partial charge in [0.2, 0.25) is 5.91 Å². The maximum Gasteiger partial charge on any atom is 0.261 e. The van der Waals surface area contributed by atoms with Crippen LogP contribution in [0.25, 0.3) is 16.9 Å². The van der Waals surface area contributed by atoms with Gasteiger partial charge in [0.25, 0.3) is 5.91 Å². The van der Waals surface area contributed by atoms with Crippen molar-refractivity contribution in [3.8, 4) is 16.9 Å². The number of carbonyl (C=O) groups excluding carboxylic acids is 3. The minimum atomic E-state index is -1.56. The molecule has 1 spiro atoms. The van der Waals surface area contributed by atoms with Crippen molar-refractivity contribution in [3.63, 3.8) is 0 Å². The molecule has 198 valence electrons. The number of fused-ring (bicyclic) bond motifs is 3. The first-order chi connectivity index (χ1) is 19.2. The smallest absolute Gasteiger partial charge is 0.261 e. The predicted octanol–water partition coefficient (Wildman–Crippen LogP) is 5.72. The number of amides is 2. The summed E-state index contributed by atoms with van der Waals surface area (Å²) in [5, 5.41) is 14.4. The van der Waals surface area contributed by atoms with Gasteiger partial charge in [-0.1, -0.05) is 74.0 Å². The van der Waals surface area contributed by atoms with Gasteiger partial charge < -0.3 is 0 Å². The molecule has 2 amide bonds. The first-order valence-corrected chi connectivity index (χ1v) is 13.5. The molecule has 3 aliphatic rings. The molecule has 4 aromatic rings. The fourth-order valence-electron chi connectivity index (χ4n) is 6.48. The van der Waals surface area contributed by atoms with Crippen LogP contribution in [-0.2, 0) is 16.0 Å². The molecule has 1 saturated heterocycles. The summed E-state index contributed by atoms with van der Waals surface area (Å²) in [5.41, 5.74) is 1.17. The van der Waals surface area contributed by atoms with Crippen LogP contribution >= 0.6 is 11.6 Å². The fraction of sp³-hybridized carbons (Fsp3) is 0.226. The quantitative estimate of drug-likeness (QED) is 0.305. The third-order valence-corrected chi connectivity index (χ3v) is 8.62. The molecule has 8 nitrogen and oxygen atoms in total. The van der Waals surface area contributed by atoms with Crippen LogP contribution < -0.4 is 4.90 Å². The topological polar surface area (TPSA) is 97.0 Å². The van der Waals surface area contributed by atoms with Crippen LogP contribution in [0.2, 0.25) is 5.02 Å². The number of hydrogen-bond donors (Lipinski definition) is 0. The van der Waals surface area contributed by atoms with E-state index in [1.807, 2.05) is 62.4 Å². The molecule has 0 radical (unpaired) electrons. The largest absolute Gasteiger partial charge is 0.291 e. The summed E-state index contributed by atoms with van der Waals surface area (Å²) < 4.78 is 1.77. The van der Waals surface area contributed by atoms with E-state index >= 15 is 0 Å². The first-order valence-electron chi connectivity index (χ1n) is 13.1. The standard InChI is InChI=1S/C31H24ClN5O3/c1-30(2)17-22-23(26(18-13-15-19(32)16-14-18)37(34-22)21-11-7-4-8-12-21)27(38)31(30)24-25(33-35-31)29(40)36(28(24)39)20-9-5-3-6-10-20/h3-16,24-25H,17H2,1-2H3. The first kappa shape index (κ1) is 24.6. The number of carbonyl (C=O) groups is 3. The summed E-state index contributed by atoms with van der Waals surface area (Å²) in [6.07, 6.45) is 0.365. The van der Waals surface area contributed by atoms with E-state index < -0.39 is 34.7 Å². The van der Waals surface area contributed by atoms with Gasteiger partial charge in [0, 0.05) is 22.4 Å². The molecular formula is C31H24ClN5O3. The number of hydrogen-bond acceptors (Lipinski definition) is 6. The summed E-state index contributed by atoms with van der Waals surface area (Å²) in [6.45, 7) is 3.81. The van der Waals surface area contributed by atoms with Crippen LogP contribution in [0.4, 0.5) is 5.69 Å². The Morgan fingerprint density at radius 2 is 1.45 bits per heavy atom. The van der Waals surface area contributed by atoms with Crippen molar-refractivity contribution in [2.24, 2.45) is 21.6 Å². The molecule has 1 aliphatic carbocycles. The highest BCUT2D eigenvalue weighted by Gasteiger charge is 2.72. The minimum absolute atomic E-state index is 0.349. The molecule has 3 unspecified atom stereocenters. The van der Waals surface area contributed by atoms with Gasteiger partial charge in [-0.2, -0.15) is 15.3 Å². The SMILES string of the molecule is CC1(C)Cc2nn(-c3ccccc3)c(-c3ccc(Cl)cc3)c2C(=O)C12N=NC1C(=O)N(c3ccccc3)C(=O)C12. The lowest BCUT2D eigenvalue weighted by Gasteiger charge is -2.45. The number of imide groups is 1. The second kappa shape index (κ2) is 8.53. The lowest BCUT2D eigenvalue weighted by atomic mass is 9.56. The van der Waals surface area contributed by atoms with E-state index in [2.05, 4.69) is 10.2 Å². The molecular weight excluding hydrogens is 526 g/mol. The molecule has 0 N–H and O–H groups in total. The van der Waals surface area contributed by atoms with E-state index in [-0.39, 0.29) is 5.78 Å². The van der Waals surface area contributed by atoms with Gasteiger partial charge in [-0.15, -0.1) is 0 Å². The lowest BCUT2D eigenvalue weighted by Crippen LogP contribution is -2.60. The second-order valence-corrected chi connectivity index (χ2v) is 11.5. The highest BCUT2D eigenvalue weighted by Crippen LogP contribution is 2.57. The van der Waals surface area contributed by atoms with E-state index in [0.29, 0.717) is 34.1 Å². The summed E-state index contributed by atoms with van der Waals surface area (Å²) in [5.74, 6) is -2.32. The van der Waals surface area contributed by atoms with E-state index in [4.69, 9.17) is 16.7 Å². The second-order valence-electron chi connectivity index (χ2n) is 11.1. The number of benzene rings is 3. The fourth-order valence-corrected chi connectivity index (χ4v) is 6.60. The molecule has 3 atom stereocenters. The molecule has 0 bridgehead atoms. The number of azo groups is 1. The van der Waals surface area contributed by atoms with Crippen molar-refractivity contribution in [1.29, 1.82) is 0 Å². The average Bonchev–Trinajstić information content (AvgIpc) is 3.61. The number of anilines is 1. The summed E-state index contributed by atoms with van der Waals surface area (Å²) >= 11 is 6.20. The van der Waals surface area contributed by atoms with Gasteiger partial charge in [0.15, 0.2) is 17.4 Å². The molecule has 3 aromatic carbocycles. The molecule has 40 heavy (non-hydrogen) atoms. The van der Waals surface area contributed by atoms with Gasteiger partial charge >= 0.3 is 0 Å². The highest BCUT2D eigenvalue weighted by molar-refractivity contribution is 6.30. The molecule has 2 aliphatic heterocycles. The number of halogens is 1. The monoisotopic (exact) mass is 549 g/mol. The predicted molar refractivity (Wildman–Crippen MR) is 150 cm³/mol. The van der Waals surface area contributed by atoms with E-state index in [0.717, 1.165) is 16.2 Å². The van der Waals surface area contributed by atoms with E-state index in [1.165, 1.54) is 0 Å². The Morgan fingerprint density at radius 1 is 0.825 bits per heavy atom. The zero-order valence-corrected chi connectivity index (χ0v) is 22.5. The normalized spacial score (nSPS) is 24.6. The van der Waals surface area contributed by atoms with Crippen molar-refractivity contribution < 1.29 is 14.4 Å². The van der Waals surface area contributed by atoms with Crippen LogP contribution in [0.15, 0.2) is 95.2 Å². The highest BCUT2D eigenvalue weighted by atomic mass is 35.5. The third-order valence-electron chi connectivity index (χ3n) is 8.37. The van der Waals surface area contributed by atoms with E-state index in [1.54, 1.807) is 41.1 Å². The number of aromatic nitrogens is 2. The number of Topliss-reactive ketones (excluding diaryl/α,β-unsaturated/α-hetero) is 1. The summed E-state index contributed by atoms with van der Waals surface area (Å²) in [6, 6.07) is 24.5. The molecule has 0 saturated carbocycles. The Labute approximate surface area is 235 Å². The summed E-state index contributed by atoms with van der Waals surface area (Å²) in [4.78, 5) is 43.6. The number of ketones is 1. The van der Waals surface area contributed by atoms with Crippen molar-refractivity contribution in [2.45, 2.75) is 31.8 Å². The number of nitrogens with zero attached hydrogens (tertiary/aromatic N) is 5. The maximum atomic E-state index is 14.9. The Bertz CT molecular complexity index is 1730. The molecule has 7 rings (SSSR count). The van der Waals surface area contributed by atoms with Gasteiger partial charge in [0.05, 0.1) is 28.3 Å². The van der Waals surface area contributed by atoms with Crippen molar-refractivity contribution in [2.75, 3.05) is 4.90 Å². The van der Waals surface area contributed by atoms with Gasteiger partial charge in [-0.25, -0.2) is 9.58 Å². The zero-order chi connectivity index (χ0) is 27.8. The van der Waals surface area contributed by atoms with E-state index in [9.17, 15) is 14.4 Å².